The Morgan fingerprint density at radius 1 is 1.06 bits per heavy atom. The number of thiophene rings is 1. The van der Waals surface area contributed by atoms with Crippen molar-refractivity contribution in [3.8, 4) is 0 Å². The Morgan fingerprint density at radius 3 is 2.71 bits per heavy atom. The van der Waals surface area contributed by atoms with Gasteiger partial charge in [0.2, 0.25) is 0 Å². The minimum atomic E-state index is 0.969. The normalized spacial score (nSPS) is 11.2. The van der Waals surface area contributed by atoms with Crippen molar-refractivity contribution in [3.05, 3.63) is 50.7 Å². The Labute approximate surface area is 109 Å². The van der Waals surface area contributed by atoms with E-state index < -0.39 is 0 Å². The predicted octanol–water partition coefficient (Wildman–Crippen LogP) is 4.57. The second-order valence-electron chi connectivity index (χ2n) is 4.27. The van der Waals surface area contributed by atoms with Crippen LogP contribution in [0.5, 0.6) is 0 Å². The van der Waals surface area contributed by atoms with E-state index in [0.717, 1.165) is 11.9 Å². The number of rotatable bonds is 2. The van der Waals surface area contributed by atoms with Crippen LogP contribution in [0.1, 0.15) is 20.3 Å². The first-order valence-corrected chi connectivity index (χ1v) is 7.25. The molecule has 3 aromatic rings. The number of aromatic nitrogens is 1. The minimum absolute atomic E-state index is 0.969. The van der Waals surface area contributed by atoms with Gasteiger partial charge in [0.25, 0.3) is 0 Å². The molecule has 0 fully saturated rings. The van der Waals surface area contributed by atoms with E-state index in [1.165, 1.54) is 25.0 Å². The van der Waals surface area contributed by atoms with Crippen LogP contribution in [0.25, 0.3) is 10.2 Å². The largest absolute Gasteiger partial charge is 0.241 e. The lowest BCUT2D eigenvalue weighted by atomic mass is 10.2. The first-order chi connectivity index (χ1) is 8.20. The molecule has 2 aromatic heterocycles. The third-order valence-electron chi connectivity index (χ3n) is 2.71. The van der Waals surface area contributed by atoms with Gasteiger partial charge in [-0.15, -0.1) is 22.7 Å². The average Bonchev–Trinajstić information content (AvgIpc) is 2.84. The Morgan fingerprint density at radius 2 is 1.94 bits per heavy atom. The lowest BCUT2D eigenvalue weighted by molar-refractivity contribution is 1.19. The van der Waals surface area contributed by atoms with Gasteiger partial charge < -0.3 is 0 Å². The van der Waals surface area contributed by atoms with E-state index in [0.29, 0.717) is 0 Å². The average molecular weight is 259 g/mol. The number of benzene rings is 1. The van der Waals surface area contributed by atoms with Crippen LogP contribution < -0.4 is 0 Å². The molecule has 1 aromatic carbocycles. The van der Waals surface area contributed by atoms with Gasteiger partial charge in [-0.25, -0.2) is 4.98 Å². The topological polar surface area (TPSA) is 12.9 Å². The van der Waals surface area contributed by atoms with Crippen LogP contribution in [0.4, 0.5) is 0 Å². The van der Waals surface area contributed by atoms with Crippen molar-refractivity contribution in [1.29, 1.82) is 0 Å². The summed E-state index contributed by atoms with van der Waals surface area (Å²) in [6.45, 7) is 4.28. The van der Waals surface area contributed by atoms with E-state index in [9.17, 15) is 0 Å². The molecule has 0 bridgehead atoms. The summed E-state index contributed by atoms with van der Waals surface area (Å²) in [6.07, 6.45) is 0.969. The molecule has 0 spiro atoms. The van der Waals surface area contributed by atoms with Crippen molar-refractivity contribution >= 4 is 32.9 Å². The smallest absolute Gasteiger partial charge is 0.0990 e. The zero-order chi connectivity index (χ0) is 11.8. The Bertz CT molecular complexity index is 664. The molecule has 0 saturated carbocycles. The zero-order valence-corrected chi connectivity index (χ0v) is 11.5. The molecule has 0 radical (unpaired) electrons. The van der Waals surface area contributed by atoms with Crippen LogP contribution in [0.3, 0.4) is 0 Å². The standard InChI is InChI=1S/C14H13NS2/c1-9-3-6-12-13(7-9)17-14(15-12)8-11-5-4-10(2)16-11/h3-7H,8H2,1-2H3. The van der Waals surface area contributed by atoms with Gasteiger partial charge in [0.05, 0.1) is 15.2 Å². The first kappa shape index (κ1) is 10.9. The monoisotopic (exact) mass is 259 g/mol. The third-order valence-corrected chi connectivity index (χ3v) is 4.73. The fraction of sp³-hybridized carbons (Fsp3) is 0.214. The molecular weight excluding hydrogens is 246 g/mol. The maximum Gasteiger partial charge on any atom is 0.0990 e. The molecule has 3 heteroatoms. The molecule has 1 nitrogen and oxygen atoms in total. The molecule has 2 heterocycles. The number of nitrogens with zero attached hydrogens (tertiary/aromatic N) is 1. The van der Waals surface area contributed by atoms with Gasteiger partial charge in [0.1, 0.15) is 0 Å². The molecule has 0 atom stereocenters. The fourth-order valence-electron chi connectivity index (χ4n) is 1.88. The highest BCUT2D eigenvalue weighted by Crippen LogP contribution is 2.26. The lowest BCUT2D eigenvalue weighted by Crippen LogP contribution is -1.81. The van der Waals surface area contributed by atoms with Crippen LogP contribution in [-0.4, -0.2) is 4.98 Å². The molecule has 3 rings (SSSR count). The van der Waals surface area contributed by atoms with Gasteiger partial charge in [0, 0.05) is 16.2 Å². The zero-order valence-electron chi connectivity index (χ0n) is 9.86. The quantitative estimate of drug-likeness (QED) is 0.657. The van der Waals surface area contributed by atoms with E-state index in [2.05, 4.69) is 49.2 Å². The van der Waals surface area contributed by atoms with Crippen molar-refractivity contribution in [2.45, 2.75) is 20.3 Å². The molecular formula is C14H13NS2. The molecule has 0 aliphatic rings. The summed E-state index contributed by atoms with van der Waals surface area (Å²) in [5, 5.41) is 1.22. The van der Waals surface area contributed by atoms with E-state index in [-0.39, 0.29) is 0 Å². The van der Waals surface area contributed by atoms with Crippen LogP contribution in [-0.2, 0) is 6.42 Å². The molecule has 0 amide bonds. The Hall–Kier alpha value is -1.19. The minimum Gasteiger partial charge on any atom is -0.241 e. The van der Waals surface area contributed by atoms with E-state index >= 15 is 0 Å². The molecule has 86 valence electrons. The van der Waals surface area contributed by atoms with Crippen molar-refractivity contribution in [3.63, 3.8) is 0 Å². The highest BCUT2D eigenvalue weighted by Gasteiger charge is 2.06. The summed E-state index contributed by atoms with van der Waals surface area (Å²) in [5.74, 6) is 0. The highest BCUT2D eigenvalue weighted by molar-refractivity contribution is 7.18. The maximum absolute atomic E-state index is 4.68. The van der Waals surface area contributed by atoms with Gasteiger partial charge in [0.15, 0.2) is 0 Å². The molecule has 17 heavy (non-hydrogen) atoms. The number of thiazole rings is 1. The van der Waals surface area contributed by atoms with Crippen LogP contribution in [0.15, 0.2) is 30.3 Å². The van der Waals surface area contributed by atoms with Gasteiger partial charge in [-0.1, -0.05) is 6.07 Å². The van der Waals surface area contributed by atoms with Crippen molar-refractivity contribution in [2.24, 2.45) is 0 Å². The summed E-state index contributed by atoms with van der Waals surface area (Å²) < 4.78 is 1.30. The summed E-state index contributed by atoms with van der Waals surface area (Å²) >= 11 is 3.67. The highest BCUT2D eigenvalue weighted by atomic mass is 32.1. The third kappa shape index (κ3) is 2.26. The van der Waals surface area contributed by atoms with Gasteiger partial charge >= 0.3 is 0 Å². The molecule has 0 aliphatic heterocycles. The summed E-state index contributed by atoms with van der Waals surface area (Å²) in [6, 6.07) is 10.8. The van der Waals surface area contributed by atoms with Gasteiger partial charge in [-0.05, 0) is 43.7 Å². The SMILES string of the molecule is Cc1ccc2nc(Cc3ccc(C)s3)sc2c1. The van der Waals surface area contributed by atoms with Crippen molar-refractivity contribution < 1.29 is 0 Å². The molecule has 0 saturated heterocycles. The van der Waals surface area contributed by atoms with Crippen LogP contribution in [0.2, 0.25) is 0 Å². The fourth-order valence-corrected chi connectivity index (χ4v) is 3.96. The second kappa shape index (κ2) is 4.24. The second-order valence-corrected chi connectivity index (χ2v) is 6.76. The van der Waals surface area contributed by atoms with Crippen LogP contribution >= 0.6 is 22.7 Å². The Kier molecular flexibility index (Phi) is 2.73. The number of aryl methyl sites for hydroxylation is 2. The van der Waals surface area contributed by atoms with E-state index in [4.69, 9.17) is 0 Å². The predicted molar refractivity (Wildman–Crippen MR) is 76.2 cm³/mol. The number of hydrogen-bond donors (Lipinski definition) is 0. The number of fused-ring (bicyclic) bond motifs is 1. The maximum atomic E-state index is 4.68. The summed E-state index contributed by atoms with van der Waals surface area (Å²) in [7, 11) is 0. The summed E-state index contributed by atoms with van der Waals surface area (Å²) in [5.41, 5.74) is 2.43. The molecule has 0 N–H and O–H groups in total. The van der Waals surface area contributed by atoms with Crippen LogP contribution in [0, 0.1) is 13.8 Å². The van der Waals surface area contributed by atoms with Crippen molar-refractivity contribution in [2.75, 3.05) is 0 Å². The lowest BCUT2D eigenvalue weighted by Gasteiger charge is -1.89. The van der Waals surface area contributed by atoms with Gasteiger partial charge in [-0.2, -0.15) is 0 Å². The van der Waals surface area contributed by atoms with Gasteiger partial charge in [-0.3, -0.25) is 0 Å². The van der Waals surface area contributed by atoms with Crippen molar-refractivity contribution in [1.82, 2.24) is 4.98 Å². The van der Waals surface area contributed by atoms with E-state index in [1.807, 2.05) is 22.7 Å². The molecule has 0 aliphatic carbocycles. The molecule has 0 unspecified atom stereocenters. The van der Waals surface area contributed by atoms with E-state index in [1.54, 1.807) is 0 Å². The first-order valence-electron chi connectivity index (χ1n) is 5.62. The summed E-state index contributed by atoms with van der Waals surface area (Å²) in [4.78, 5) is 7.46. The number of hydrogen-bond acceptors (Lipinski definition) is 3. The Balaban J connectivity index is 1.95.